The molecule has 1 aliphatic heterocycles. The standard InChI is InChI=1S/C23H22N6O/c1-28-11-9-26-22(28)20-14-24-13-18(27-20)12-16-7-10-29(15-16)23(30)21-19-5-3-2-4-17(19)6-8-25-21/h2-6,8-9,11,13-14,16H,7,10,12,15H2,1H3/t16-/m1/s1. The fourth-order valence-corrected chi connectivity index (χ4v) is 4.14. The molecular weight excluding hydrogens is 376 g/mol. The van der Waals surface area contributed by atoms with E-state index in [1.807, 2.05) is 59.2 Å². The van der Waals surface area contributed by atoms with Gasteiger partial charge in [-0.3, -0.25) is 14.8 Å². The highest BCUT2D eigenvalue weighted by molar-refractivity contribution is 6.05. The Hall–Kier alpha value is -3.61. The van der Waals surface area contributed by atoms with Gasteiger partial charge in [-0.2, -0.15) is 0 Å². The number of benzene rings is 1. The number of likely N-dealkylation sites (tertiary alicyclic amines) is 1. The second-order valence-electron chi connectivity index (χ2n) is 7.75. The Balaban J connectivity index is 1.31. The molecule has 5 rings (SSSR count). The Morgan fingerprint density at radius 3 is 2.90 bits per heavy atom. The molecule has 1 aliphatic rings. The van der Waals surface area contributed by atoms with Crippen LogP contribution >= 0.6 is 0 Å². The molecule has 150 valence electrons. The van der Waals surface area contributed by atoms with Crippen LogP contribution in [0.15, 0.2) is 61.3 Å². The van der Waals surface area contributed by atoms with Crippen molar-refractivity contribution in [3.8, 4) is 11.5 Å². The third-order valence-corrected chi connectivity index (χ3v) is 5.68. The van der Waals surface area contributed by atoms with E-state index in [0.29, 0.717) is 18.2 Å². The lowest BCUT2D eigenvalue weighted by atomic mass is 10.0. The van der Waals surface area contributed by atoms with Crippen LogP contribution in [-0.2, 0) is 13.5 Å². The molecule has 0 spiro atoms. The van der Waals surface area contributed by atoms with Crippen molar-refractivity contribution in [2.75, 3.05) is 13.1 Å². The monoisotopic (exact) mass is 398 g/mol. The number of aryl methyl sites for hydroxylation is 1. The van der Waals surface area contributed by atoms with Crippen LogP contribution in [0.2, 0.25) is 0 Å². The number of rotatable bonds is 4. The lowest BCUT2D eigenvalue weighted by Crippen LogP contribution is -2.29. The van der Waals surface area contributed by atoms with Crippen molar-refractivity contribution in [2.24, 2.45) is 13.0 Å². The summed E-state index contributed by atoms with van der Waals surface area (Å²) in [5.74, 6) is 1.16. The summed E-state index contributed by atoms with van der Waals surface area (Å²) in [5, 5.41) is 1.94. The molecule has 0 aliphatic carbocycles. The van der Waals surface area contributed by atoms with Crippen LogP contribution in [0.3, 0.4) is 0 Å². The molecule has 1 aromatic carbocycles. The van der Waals surface area contributed by atoms with Gasteiger partial charge in [0.25, 0.3) is 5.91 Å². The fourth-order valence-electron chi connectivity index (χ4n) is 4.14. The number of amides is 1. The van der Waals surface area contributed by atoms with Crippen molar-refractivity contribution in [3.63, 3.8) is 0 Å². The highest BCUT2D eigenvalue weighted by atomic mass is 16.2. The van der Waals surface area contributed by atoms with Gasteiger partial charge >= 0.3 is 0 Å². The number of fused-ring (bicyclic) bond motifs is 1. The molecule has 7 nitrogen and oxygen atoms in total. The van der Waals surface area contributed by atoms with Gasteiger partial charge < -0.3 is 9.47 Å². The van der Waals surface area contributed by atoms with Crippen LogP contribution in [0.4, 0.5) is 0 Å². The molecule has 1 fully saturated rings. The van der Waals surface area contributed by atoms with E-state index in [0.717, 1.165) is 47.4 Å². The van der Waals surface area contributed by atoms with E-state index in [1.54, 1.807) is 18.6 Å². The molecule has 1 amide bonds. The van der Waals surface area contributed by atoms with E-state index < -0.39 is 0 Å². The van der Waals surface area contributed by atoms with Gasteiger partial charge in [0.15, 0.2) is 5.82 Å². The molecule has 3 aromatic heterocycles. The maximum atomic E-state index is 13.1. The number of carbonyl (C=O) groups excluding carboxylic acids is 1. The molecule has 1 saturated heterocycles. The maximum absolute atomic E-state index is 13.1. The number of hydrogen-bond acceptors (Lipinski definition) is 5. The Morgan fingerprint density at radius 1 is 1.13 bits per heavy atom. The highest BCUT2D eigenvalue weighted by Gasteiger charge is 2.29. The smallest absolute Gasteiger partial charge is 0.273 e. The number of imidazole rings is 1. The third-order valence-electron chi connectivity index (χ3n) is 5.68. The van der Waals surface area contributed by atoms with E-state index in [-0.39, 0.29) is 5.91 Å². The van der Waals surface area contributed by atoms with Gasteiger partial charge in [-0.25, -0.2) is 9.97 Å². The lowest BCUT2D eigenvalue weighted by Gasteiger charge is -2.17. The first-order valence-corrected chi connectivity index (χ1v) is 10.1. The van der Waals surface area contributed by atoms with Gasteiger partial charge in [-0.1, -0.05) is 24.3 Å². The van der Waals surface area contributed by atoms with Gasteiger partial charge in [0.2, 0.25) is 0 Å². The number of pyridine rings is 1. The summed E-state index contributed by atoms with van der Waals surface area (Å²) < 4.78 is 1.93. The Kier molecular flexibility index (Phi) is 4.71. The van der Waals surface area contributed by atoms with Crippen LogP contribution in [0, 0.1) is 5.92 Å². The number of carbonyl (C=O) groups is 1. The molecule has 4 heterocycles. The van der Waals surface area contributed by atoms with Gasteiger partial charge in [-0.15, -0.1) is 0 Å². The molecule has 1 atom stereocenters. The van der Waals surface area contributed by atoms with Gasteiger partial charge in [-0.05, 0) is 30.2 Å². The quantitative estimate of drug-likeness (QED) is 0.528. The molecule has 4 aromatic rings. The van der Waals surface area contributed by atoms with Gasteiger partial charge in [0.1, 0.15) is 11.4 Å². The predicted molar refractivity (Wildman–Crippen MR) is 114 cm³/mol. The summed E-state index contributed by atoms with van der Waals surface area (Å²) in [4.78, 5) is 32.9. The molecular formula is C23H22N6O. The van der Waals surface area contributed by atoms with Crippen LogP contribution < -0.4 is 0 Å². The Labute approximate surface area is 174 Å². The second kappa shape index (κ2) is 7.67. The van der Waals surface area contributed by atoms with Crippen LogP contribution in [-0.4, -0.2) is 48.4 Å². The Morgan fingerprint density at radius 2 is 2.03 bits per heavy atom. The summed E-state index contributed by atoms with van der Waals surface area (Å²) in [7, 11) is 1.94. The summed E-state index contributed by atoms with van der Waals surface area (Å²) in [6.07, 6.45) is 10.6. The molecule has 0 unspecified atom stereocenters. The molecule has 7 heteroatoms. The topological polar surface area (TPSA) is 76.8 Å². The van der Waals surface area contributed by atoms with E-state index in [9.17, 15) is 4.79 Å². The summed E-state index contributed by atoms with van der Waals surface area (Å²) in [6.45, 7) is 1.44. The summed E-state index contributed by atoms with van der Waals surface area (Å²) >= 11 is 0. The fraction of sp³-hybridized carbons (Fsp3) is 0.261. The summed E-state index contributed by atoms with van der Waals surface area (Å²) in [6, 6.07) is 9.82. The molecule has 0 N–H and O–H groups in total. The van der Waals surface area contributed by atoms with Crippen molar-refractivity contribution in [2.45, 2.75) is 12.8 Å². The van der Waals surface area contributed by atoms with E-state index in [4.69, 9.17) is 4.98 Å². The van der Waals surface area contributed by atoms with Crippen LogP contribution in [0.1, 0.15) is 22.6 Å². The largest absolute Gasteiger partial charge is 0.337 e. The first kappa shape index (κ1) is 18.4. The SMILES string of the molecule is Cn1ccnc1-c1cncc(C[C@H]2CCN(C(=O)c3nccc4ccccc34)C2)n1. The minimum absolute atomic E-state index is 0.00199. The first-order chi connectivity index (χ1) is 14.7. The minimum atomic E-state index is 0.00199. The molecule has 0 saturated carbocycles. The molecule has 30 heavy (non-hydrogen) atoms. The number of hydrogen-bond donors (Lipinski definition) is 0. The molecule has 0 radical (unpaired) electrons. The third kappa shape index (κ3) is 3.43. The zero-order valence-corrected chi connectivity index (χ0v) is 16.8. The minimum Gasteiger partial charge on any atom is -0.337 e. The second-order valence-corrected chi connectivity index (χ2v) is 7.75. The molecule has 0 bridgehead atoms. The van der Waals surface area contributed by atoms with Crippen molar-refractivity contribution < 1.29 is 4.79 Å². The normalized spacial score (nSPS) is 16.3. The number of aromatic nitrogens is 5. The zero-order valence-electron chi connectivity index (χ0n) is 16.8. The van der Waals surface area contributed by atoms with Crippen molar-refractivity contribution in [1.29, 1.82) is 0 Å². The van der Waals surface area contributed by atoms with Crippen LogP contribution in [0.5, 0.6) is 0 Å². The van der Waals surface area contributed by atoms with Crippen LogP contribution in [0.25, 0.3) is 22.3 Å². The zero-order chi connectivity index (χ0) is 20.5. The van der Waals surface area contributed by atoms with Gasteiger partial charge in [0.05, 0.1) is 11.9 Å². The van der Waals surface area contributed by atoms with E-state index in [2.05, 4.69) is 15.0 Å². The van der Waals surface area contributed by atoms with E-state index >= 15 is 0 Å². The van der Waals surface area contributed by atoms with Crippen molar-refractivity contribution in [3.05, 3.63) is 72.7 Å². The predicted octanol–water partition coefficient (Wildman–Crippen LogP) is 3.13. The van der Waals surface area contributed by atoms with Crippen molar-refractivity contribution in [1.82, 2.24) is 29.4 Å². The van der Waals surface area contributed by atoms with E-state index in [1.165, 1.54) is 0 Å². The number of nitrogens with zero attached hydrogens (tertiary/aromatic N) is 6. The maximum Gasteiger partial charge on any atom is 0.273 e. The lowest BCUT2D eigenvalue weighted by molar-refractivity contribution is 0.0783. The van der Waals surface area contributed by atoms with Gasteiger partial charge in [0, 0.05) is 50.3 Å². The van der Waals surface area contributed by atoms with Crippen molar-refractivity contribution >= 4 is 16.7 Å². The average molecular weight is 398 g/mol. The highest BCUT2D eigenvalue weighted by Crippen LogP contribution is 2.24. The average Bonchev–Trinajstić information content (AvgIpc) is 3.42. The summed E-state index contributed by atoms with van der Waals surface area (Å²) in [5.41, 5.74) is 2.23. The first-order valence-electron chi connectivity index (χ1n) is 10.1. The Bertz CT molecular complexity index is 1210.